The van der Waals surface area contributed by atoms with E-state index in [9.17, 15) is 9.59 Å². The third-order valence-corrected chi connectivity index (χ3v) is 2.38. The molecular weight excluding hydrogens is 246 g/mol. The van der Waals surface area contributed by atoms with Crippen LogP contribution in [0.1, 0.15) is 19.3 Å². The Hall–Kier alpha value is -2.08. The summed E-state index contributed by atoms with van der Waals surface area (Å²) in [6.07, 6.45) is 1.14. The maximum absolute atomic E-state index is 11.6. The van der Waals surface area contributed by atoms with Crippen molar-refractivity contribution >= 4 is 17.5 Å². The molecule has 0 aliphatic rings. The molecule has 0 saturated carbocycles. The van der Waals surface area contributed by atoms with E-state index >= 15 is 0 Å². The molecule has 0 saturated heterocycles. The lowest BCUT2D eigenvalue weighted by molar-refractivity contribution is -0.118. The van der Waals surface area contributed by atoms with E-state index < -0.39 is 5.91 Å². The summed E-state index contributed by atoms with van der Waals surface area (Å²) in [6, 6.07) is 7.04. The minimum atomic E-state index is -0.426. The predicted octanol–water partition coefficient (Wildman–Crippen LogP) is 0.618. The van der Waals surface area contributed by atoms with Gasteiger partial charge in [0.25, 0.3) is 0 Å². The number of hydrogen-bond donors (Lipinski definition) is 3. The number of primary amides is 1. The normalized spacial score (nSPS) is 9.95. The highest BCUT2D eigenvalue weighted by molar-refractivity contribution is 5.92. The van der Waals surface area contributed by atoms with Gasteiger partial charge in [0.1, 0.15) is 5.75 Å². The second-order valence-corrected chi connectivity index (χ2v) is 4.00. The molecule has 0 bridgehead atoms. The fraction of sp³-hybridized carbons (Fsp3) is 0.385. The summed E-state index contributed by atoms with van der Waals surface area (Å²) in [6.45, 7) is 0.662. The van der Waals surface area contributed by atoms with Crippen LogP contribution in [0, 0.1) is 0 Å². The minimum Gasteiger partial charge on any atom is -0.491 e. The van der Waals surface area contributed by atoms with E-state index in [1.807, 2.05) is 0 Å². The summed E-state index contributed by atoms with van der Waals surface area (Å²) < 4.78 is 5.41. The van der Waals surface area contributed by atoms with Crippen LogP contribution in [0.15, 0.2) is 24.3 Å². The number of para-hydroxylation sites is 2. The van der Waals surface area contributed by atoms with Gasteiger partial charge in [-0.1, -0.05) is 12.1 Å². The number of amides is 2. The number of ether oxygens (including phenoxy) is 1. The Morgan fingerprint density at radius 3 is 2.63 bits per heavy atom. The van der Waals surface area contributed by atoms with Gasteiger partial charge in [-0.2, -0.15) is 0 Å². The van der Waals surface area contributed by atoms with Gasteiger partial charge in [0, 0.05) is 6.42 Å². The number of carbonyl (C=O) groups is 2. The van der Waals surface area contributed by atoms with E-state index in [2.05, 4.69) is 5.32 Å². The monoisotopic (exact) mass is 265 g/mol. The van der Waals surface area contributed by atoms with Crippen LogP contribution >= 0.6 is 0 Å². The Balaban J connectivity index is 2.57. The largest absolute Gasteiger partial charge is 0.491 e. The molecule has 5 N–H and O–H groups in total. The summed E-state index contributed by atoms with van der Waals surface area (Å²) in [7, 11) is 0. The standard InChI is InChI=1S/C13H19N3O3/c14-8-3-6-13(18)16-10-4-1-2-5-11(10)19-9-7-12(15)17/h1-2,4-5H,3,6-9,14H2,(H2,15,17)(H,16,18). The lowest BCUT2D eigenvalue weighted by atomic mass is 10.2. The van der Waals surface area contributed by atoms with Gasteiger partial charge in [-0.05, 0) is 25.1 Å². The van der Waals surface area contributed by atoms with E-state index in [4.69, 9.17) is 16.2 Å². The van der Waals surface area contributed by atoms with Crippen LogP contribution in [0.3, 0.4) is 0 Å². The molecule has 6 heteroatoms. The summed E-state index contributed by atoms with van der Waals surface area (Å²) in [4.78, 5) is 22.2. The average Bonchev–Trinajstić information content (AvgIpc) is 2.38. The van der Waals surface area contributed by atoms with E-state index in [1.54, 1.807) is 24.3 Å². The van der Waals surface area contributed by atoms with Gasteiger partial charge in [0.2, 0.25) is 11.8 Å². The van der Waals surface area contributed by atoms with Crippen molar-refractivity contribution in [2.45, 2.75) is 19.3 Å². The van der Waals surface area contributed by atoms with Crippen molar-refractivity contribution in [1.29, 1.82) is 0 Å². The van der Waals surface area contributed by atoms with Gasteiger partial charge in [-0.15, -0.1) is 0 Å². The van der Waals surface area contributed by atoms with E-state index in [0.29, 0.717) is 30.8 Å². The van der Waals surface area contributed by atoms with Crippen LogP contribution in [0.2, 0.25) is 0 Å². The van der Waals surface area contributed by atoms with Gasteiger partial charge in [0.15, 0.2) is 0 Å². The third-order valence-electron chi connectivity index (χ3n) is 2.38. The van der Waals surface area contributed by atoms with Gasteiger partial charge in [-0.25, -0.2) is 0 Å². The van der Waals surface area contributed by atoms with Crippen LogP contribution in [0.4, 0.5) is 5.69 Å². The fourth-order valence-electron chi connectivity index (χ4n) is 1.43. The molecule has 19 heavy (non-hydrogen) atoms. The summed E-state index contributed by atoms with van der Waals surface area (Å²) in [5.74, 6) is -0.0225. The molecule has 0 heterocycles. The van der Waals surface area contributed by atoms with Crippen LogP contribution in [0.5, 0.6) is 5.75 Å². The molecule has 1 rings (SSSR count). The number of benzene rings is 1. The lowest BCUT2D eigenvalue weighted by Crippen LogP contribution is -2.16. The molecule has 104 valence electrons. The Morgan fingerprint density at radius 2 is 1.95 bits per heavy atom. The molecule has 0 radical (unpaired) electrons. The smallest absolute Gasteiger partial charge is 0.224 e. The molecule has 0 aliphatic carbocycles. The van der Waals surface area contributed by atoms with Crippen molar-refractivity contribution in [2.75, 3.05) is 18.5 Å². The number of nitrogens with two attached hydrogens (primary N) is 2. The van der Waals surface area contributed by atoms with Crippen molar-refractivity contribution in [3.05, 3.63) is 24.3 Å². The number of rotatable bonds is 8. The Morgan fingerprint density at radius 1 is 1.21 bits per heavy atom. The van der Waals surface area contributed by atoms with Crippen molar-refractivity contribution in [2.24, 2.45) is 11.5 Å². The average molecular weight is 265 g/mol. The quantitative estimate of drug-likeness (QED) is 0.640. The second-order valence-electron chi connectivity index (χ2n) is 4.00. The first-order chi connectivity index (χ1) is 9.13. The highest BCUT2D eigenvalue weighted by Gasteiger charge is 2.07. The summed E-state index contributed by atoms with van der Waals surface area (Å²) in [5.41, 5.74) is 11.0. The minimum absolute atomic E-state index is 0.114. The van der Waals surface area contributed by atoms with Crippen molar-refractivity contribution in [1.82, 2.24) is 0 Å². The SMILES string of the molecule is NCCCC(=O)Nc1ccccc1OCCC(N)=O. The van der Waals surface area contributed by atoms with Crippen molar-refractivity contribution < 1.29 is 14.3 Å². The molecule has 6 nitrogen and oxygen atoms in total. The van der Waals surface area contributed by atoms with E-state index in [1.165, 1.54) is 0 Å². The second kappa shape index (κ2) is 8.10. The zero-order valence-corrected chi connectivity index (χ0v) is 10.7. The van der Waals surface area contributed by atoms with E-state index in [-0.39, 0.29) is 18.9 Å². The number of nitrogens with one attached hydrogen (secondary N) is 1. The molecule has 1 aromatic rings. The van der Waals surface area contributed by atoms with Gasteiger partial charge in [0.05, 0.1) is 18.7 Å². The van der Waals surface area contributed by atoms with Crippen LogP contribution in [-0.4, -0.2) is 25.0 Å². The molecule has 0 unspecified atom stereocenters. The predicted molar refractivity (Wildman–Crippen MR) is 72.7 cm³/mol. The molecule has 0 aliphatic heterocycles. The maximum Gasteiger partial charge on any atom is 0.224 e. The zero-order valence-electron chi connectivity index (χ0n) is 10.7. The zero-order chi connectivity index (χ0) is 14.1. The fourth-order valence-corrected chi connectivity index (χ4v) is 1.43. The number of anilines is 1. The Kier molecular flexibility index (Phi) is 6.38. The first kappa shape index (κ1) is 15.0. The Bertz CT molecular complexity index is 435. The Labute approximate surface area is 112 Å². The van der Waals surface area contributed by atoms with Crippen LogP contribution < -0.4 is 21.5 Å². The van der Waals surface area contributed by atoms with E-state index in [0.717, 1.165) is 0 Å². The molecule has 0 fully saturated rings. The lowest BCUT2D eigenvalue weighted by Gasteiger charge is -2.11. The van der Waals surface area contributed by atoms with Crippen LogP contribution in [-0.2, 0) is 9.59 Å². The van der Waals surface area contributed by atoms with Crippen molar-refractivity contribution in [3.63, 3.8) is 0 Å². The highest BCUT2D eigenvalue weighted by Crippen LogP contribution is 2.24. The number of hydrogen-bond acceptors (Lipinski definition) is 4. The molecule has 0 aromatic heterocycles. The number of carbonyl (C=O) groups excluding carboxylic acids is 2. The van der Waals surface area contributed by atoms with Gasteiger partial charge >= 0.3 is 0 Å². The molecule has 2 amide bonds. The third kappa shape index (κ3) is 5.87. The molecule has 0 atom stereocenters. The van der Waals surface area contributed by atoms with Gasteiger partial charge in [-0.3, -0.25) is 9.59 Å². The first-order valence-electron chi connectivity index (χ1n) is 6.13. The molecule has 0 spiro atoms. The van der Waals surface area contributed by atoms with Crippen molar-refractivity contribution in [3.8, 4) is 5.75 Å². The topological polar surface area (TPSA) is 107 Å². The van der Waals surface area contributed by atoms with Gasteiger partial charge < -0.3 is 21.5 Å². The maximum atomic E-state index is 11.6. The van der Waals surface area contributed by atoms with Crippen LogP contribution in [0.25, 0.3) is 0 Å². The first-order valence-corrected chi connectivity index (χ1v) is 6.13. The summed E-state index contributed by atoms with van der Waals surface area (Å²) >= 11 is 0. The molecular formula is C13H19N3O3. The highest BCUT2D eigenvalue weighted by atomic mass is 16.5. The summed E-state index contributed by atoms with van der Waals surface area (Å²) in [5, 5.41) is 2.75. The molecule has 1 aromatic carbocycles.